The van der Waals surface area contributed by atoms with Crippen LogP contribution in [0.5, 0.6) is 0 Å². The number of rotatable bonds is 2. The van der Waals surface area contributed by atoms with Crippen molar-refractivity contribution < 1.29 is 4.52 Å². The highest BCUT2D eigenvalue weighted by molar-refractivity contribution is 5.92. The van der Waals surface area contributed by atoms with E-state index < -0.39 is 0 Å². The minimum absolute atomic E-state index is 0.235. The van der Waals surface area contributed by atoms with Crippen molar-refractivity contribution in [3.05, 3.63) is 42.2 Å². The van der Waals surface area contributed by atoms with E-state index in [9.17, 15) is 0 Å². The topological polar surface area (TPSA) is 64.9 Å². The van der Waals surface area contributed by atoms with Crippen LogP contribution in [-0.2, 0) is 0 Å². The molecule has 1 heterocycles. The molecule has 0 aliphatic carbocycles. The average molecular weight is 253 g/mol. The Balaban J connectivity index is 2.15. The molecule has 2 aromatic carbocycles. The summed E-state index contributed by atoms with van der Waals surface area (Å²) in [5.74, 6) is 1.41. The Morgan fingerprint density at radius 2 is 1.79 bits per heavy atom. The predicted octanol–water partition coefficient (Wildman–Crippen LogP) is 3.60. The summed E-state index contributed by atoms with van der Waals surface area (Å²) >= 11 is 0. The van der Waals surface area contributed by atoms with Gasteiger partial charge in [0.2, 0.25) is 0 Å². The minimum atomic E-state index is 0.235. The van der Waals surface area contributed by atoms with Gasteiger partial charge in [-0.1, -0.05) is 43.3 Å². The van der Waals surface area contributed by atoms with E-state index in [1.807, 2.05) is 50.2 Å². The molecule has 0 bridgehead atoms. The minimum Gasteiger partial charge on any atom is -0.398 e. The van der Waals surface area contributed by atoms with Crippen molar-refractivity contribution in [1.82, 2.24) is 10.1 Å². The standard InChI is InChI=1S/C15H15N3O/c1-9(2)14-17-15(19-18-14)12-7-10-5-3-4-6-11(10)8-13(12)16/h3-9H,16H2,1-2H3. The molecule has 0 aliphatic rings. The fraction of sp³-hybridized carbons (Fsp3) is 0.200. The van der Waals surface area contributed by atoms with Crippen molar-refractivity contribution >= 4 is 16.5 Å². The molecule has 0 saturated heterocycles. The number of nitrogen functional groups attached to an aromatic ring is 1. The molecule has 0 unspecified atom stereocenters. The summed E-state index contributed by atoms with van der Waals surface area (Å²) in [5.41, 5.74) is 7.52. The lowest BCUT2D eigenvalue weighted by molar-refractivity contribution is 0.419. The summed E-state index contributed by atoms with van der Waals surface area (Å²) in [5, 5.41) is 6.18. The zero-order chi connectivity index (χ0) is 13.4. The van der Waals surface area contributed by atoms with Gasteiger partial charge in [-0.2, -0.15) is 4.98 Å². The SMILES string of the molecule is CC(C)c1noc(-c2cc3ccccc3cc2N)n1. The molecule has 4 heteroatoms. The van der Waals surface area contributed by atoms with Gasteiger partial charge in [-0.3, -0.25) is 0 Å². The maximum absolute atomic E-state index is 6.08. The van der Waals surface area contributed by atoms with Crippen LogP contribution in [-0.4, -0.2) is 10.1 Å². The van der Waals surface area contributed by atoms with E-state index in [2.05, 4.69) is 10.1 Å². The molecule has 0 radical (unpaired) electrons. The molecule has 0 fully saturated rings. The van der Waals surface area contributed by atoms with Crippen LogP contribution >= 0.6 is 0 Å². The summed E-state index contributed by atoms with van der Waals surface area (Å²) in [6.45, 7) is 4.05. The fourth-order valence-electron chi connectivity index (χ4n) is 2.02. The highest BCUT2D eigenvalue weighted by atomic mass is 16.5. The first kappa shape index (κ1) is 11.7. The molecule has 0 saturated carbocycles. The Bertz CT molecular complexity index is 731. The van der Waals surface area contributed by atoms with Crippen LogP contribution in [0, 0.1) is 0 Å². The zero-order valence-corrected chi connectivity index (χ0v) is 10.9. The number of benzene rings is 2. The third-order valence-corrected chi connectivity index (χ3v) is 3.11. The molecule has 3 rings (SSSR count). The van der Waals surface area contributed by atoms with Gasteiger partial charge in [0.25, 0.3) is 5.89 Å². The van der Waals surface area contributed by atoms with Gasteiger partial charge in [0.1, 0.15) is 0 Å². The van der Waals surface area contributed by atoms with Crippen LogP contribution in [0.15, 0.2) is 40.9 Å². The molecule has 0 spiro atoms. The molecular weight excluding hydrogens is 238 g/mol. The molecular formula is C15H15N3O. The fourth-order valence-corrected chi connectivity index (χ4v) is 2.02. The highest BCUT2D eigenvalue weighted by Crippen LogP contribution is 2.30. The van der Waals surface area contributed by atoms with Gasteiger partial charge in [0.15, 0.2) is 5.82 Å². The third-order valence-electron chi connectivity index (χ3n) is 3.11. The van der Waals surface area contributed by atoms with Crippen molar-refractivity contribution in [3.8, 4) is 11.5 Å². The molecule has 19 heavy (non-hydrogen) atoms. The van der Waals surface area contributed by atoms with E-state index in [0.29, 0.717) is 17.4 Å². The quantitative estimate of drug-likeness (QED) is 0.709. The Kier molecular flexibility index (Phi) is 2.71. The number of anilines is 1. The van der Waals surface area contributed by atoms with Crippen LogP contribution in [0.2, 0.25) is 0 Å². The van der Waals surface area contributed by atoms with Crippen molar-refractivity contribution in [1.29, 1.82) is 0 Å². The molecule has 1 aromatic heterocycles. The van der Waals surface area contributed by atoms with Gasteiger partial charge >= 0.3 is 0 Å². The Labute approximate surface area is 111 Å². The van der Waals surface area contributed by atoms with Crippen LogP contribution < -0.4 is 5.73 Å². The number of hydrogen-bond acceptors (Lipinski definition) is 4. The van der Waals surface area contributed by atoms with E-state index in [1.165, 1.54) is 0 Å². The van der Waals surface area contributed by atoms with E-state index >= 15 is 0 Å². The van der Waals surface area contributed by atoms with Crippen LogP contribution in [0.3, 0.4) is 0 Å². The van der Waals surface area contributed by atoms with Gasteiger partial charge < -0.3 is 10.3 Å². The molecule has 3 aromatic rings. The van der Waals surface area contributed by atoms with Crippen LogP contribution in [0.25, 0.3) is 22.2 Å². The van der Waals surface area contributed by atoms with Crippen molar-refractivity contribution in [2.24, 2.45) is 0 Å². The van der Waals surface area contributed by atoms with Gasteiger partial charge in [-0.15, -0.1) is 0 Å². The largest absolute Gasteiger partial charge is 0.398 e. The van der Waals surface area contributed by atoms with Crippen molar-refractivity contribution in [3.63, 3.8) is 0 Å². The first-order chi connectivity index (χ1) is 9.15. The normalized spacial score (nSPS) is 11.3. The maximum atomic E-state index is 6.08. The van der Waals surface area contributed by atoms with E-state index in [0.717, 1.165) is 16.3 Å². The second kappa shape index (κ2) is 4.39. The van der Waals surface area contributed by atoms with Crippen molar-refractivity contribution in [2.75, 3.05) is 5.73 Å². The third kappa shape index (κ3) is 2.05. The molecule has 0 atom stereocenters. The molecule has 4 nitrogen and oxygen atoms in total. The van der Waals surface area contributed by atoms with E-state index in [4.69, 9.17) is 10.3 Å². The lowest BCUT2D eigenvalue weighted by atomic mass is 10.1. The molecule has 96 valence electrons. The van der Waals surface area contributed by atoms with Gasteiger partial charge in [-0.25, -0.2) is 0 Å². The summed E-state index contributed by atoms with van der Waals surface area (Å²) in [4.78, 5) is 4.39. The van der Waals surface area contributed by atoms with E-state index in [-0.39, 0.29) is 5.92 Å². The lowest BCUT2D eigenvalue weighted by Crippen LogP contribution is -1.92. The summed E-state index contributed by atoms with van der Waals surface area (Å²) in [6.07, 6.45) is 0. The second-order valence-electron chi connectivity index (χ2n) is 4.90. The first-order valence-corrected chi connectivity index (χ1v) is 6.27. The lowest BCUT2D eigenvalue weighted by Gasteiger charge is -2.04. The van der Waals surface area contributed by atoms with Gasteiger partial charge in [-0.05, 0) is 22.9 Å². The summed E-state index contributed by atoms with van der Waals surface area (Å²) in [7, 11) is 0. The number of nitrogens with zero attached hydrogens (tertiary/aromatic N) is 2. The van der Waals surface area contributed by atoms with Gasteiger partial charge in [0.05, 0.1) is 5.56 Å². The summed E-state index contributed by atoms with van der Waals surface area (Å²) in [6, 6.07) is 12.0. The average Bonchev–Trinajstić information content (AvgIpc) is 2.87. The highest BCUT2D eigenvalue weighted by Gasteiger charge is 2.14. The van der Waals surface area contributed by atoms with Gasteiger partial charge in [0, 0.05) is 11.6 Å². The Hall–Kier alpha value is -2.36. The molecule has 0 aliphatic heterocycles. The van der Waals surface area contributed by atoms with Crippen molar-refractivity contribution in [2.45, 2.75) is 19.8 Å². The number of fused-ring (bicyclic) bond motifs is 1. The zero-order valence-electron chi connectivity index (χ0n) is 10.9. The first-order valence-electron chi connectivity index (χ1n) is 6.27. The second-order valence-corrected chi connectivity index (χ2v) is 4.90. The predicted molar refractivity (Wildman–Crippen MR) is 75.7 cm³/mol. The smallest absolute Gasteiger partial charge is 0.260 e. The monoisotopic (exact) mass is 253 g/mol. The number of hydrogen-bond donors (Lipinski definition) is 1. The number of aromatic nitrogens is 2. The Morgan fingerprint density at radius 3 is 2.42 bits per heavy atom. The van der Waals surface area contributed by atoms with Crippen LogP contribution in [0.1, 0.15) is 25.6 Å². The summed E-state index contributed by atoms with van der Waals surface area (Å²) < 4.78 is 5.30. The molecule has 0 amide bonds. The molecule has 2 N–H and O–H groups in total. The van der Waals surface area contributed by atoms with Crippen LogP contribution in [0.4, 0.5) is 5.69 Å². The number of nitrogens with two attached hydrogens (primary N) is 1. The maximum Gasteiger partial charge on any atom is 0.260 e. The Morgan fingerprint density at radius 1 is 1.11 bits per heavy atom. The van der Waals surface area contributed by atoms with E-state index in [1.54, 1.807) is 0 Å².